The number of hydrogen-bond acceptors (Lipinski definition) is 2. The molecule has 0 spiro atoms. The molecule has 1 atom stereocenters. The van der Waals surface area contributed by atoms with Crippen LogP contribution < -0.4 is 5.32 Å². The average Bonchev–Trinajstić information content (AvgIpc) is 2.94. The zero-order valence-corrected chi connectivity index (χ0v) is 17.6. The molecule has 0 fully saturated rings. The van der Waals surface area contributed by atoms with Crippen LogP contribution in [0.15, 0.2) is 84.9 Å². The molecule has 4 aromatic rings. The van der Waals surface area contributed by atoms with Crippen molar-refractivity contribution in [2.75, 3.05) is 11.9 Å². The molecular weight excluding hydrogens is 427 g/mol. The van der Waals surface area contributed by atoms with E-state index in [9.17, 15) is 14.0 Å². The lowest BCUT2D eigenvalue weighted by atomic mass is 9.94. The van der Waals surface area contributed by atoms with Crippen molar-refractivity contribution >= 4 is 39.9 Å². The number of benzene rings is 4. The summed E-state index contributed by atoms with van der Waals surface area (Å²) in [5.41, 5.74) is 2.42. The Hall–Kier alpha value is -3.70. The fraction of sp³-hybridized carbons (Fsp3) is 0.0769. The SMILES string of the molecule is O=C1CN(C(=O)c2cccc3ccccc23)C(c2ccc(F)cc2)c2cc(Cl)ccc2N1. The van der Waals surface area contributed by atoms with Gasteiger partial charge in [-0.15, -0.1) is 0 Å². The largest absolute Gasteiger partial charge is 0.324 e. The Balaban J connectivity index is 1.71. The molecule has 0 radical (unpaired) electrons. The molecule has 5 rings (SSSR count). The van der Waals surface area contributed by atoms with Crippen molar-refractivity contribution in [3.8, 4) is 0 Å². The van der Waals surface area contributed by atoms with Gasteiger partial charge < -0.3 is 10.2 Å². The summed E-state index contributed by atoms with van der Waals surface area (Å²) in [5.74, 6) is -0.985. The number of halogens is 2. The smallest absolute Gasteiger partial charge is 0.255 e. The summed E-state index contributed by atoms with van der Waals surface area (Å²) < 4.78 is 13.7. The Labute approximate surface area is 189 Å². The molecule has 1 aliphatic heterocycles. The molecule has 1 unspecified atom stereocenters. The highest BCUT2D eigenvalue weighted by atomic mass is 35.5. The number of amides is 2. The molecule has 0 saturated heterocycles. The van der Waals surface area contributed by atoms with Crippen LogP contribution in [0.25, 0.3) is 10.8 Å². The van der Waals surface area contributed by atoms with E-state index >= 15 is 0 Å². The number of carbonyl (C=O) groups is 2. The number of hydrogen-bond donors (Lipinski definition) is 1. The minimum atomic E-state index is -0.630. The van der Waals surface area contributed by atoms with E-state index < -0.39 is 6.04 Å². The molecule has 158 valence electrons. The van der Waals surface area contributed by atoms with Crippen LogP contribution in [0.2, 0.25) is 5.02 Å². The van der Waals surface area contributed by atoms with E-state index in [2.05, 4.69) is 5.32 Å². The third-order valence-corrected chi connectivity index (χ3v) is 5.91. The maximum atomic E-state index is 13.9. The van der Waals surface area contributed by atoms with E-state index in [0.717, 1.165) is 10.8 Å². The molecule has 1 aliphatic rings. The van der Waals surface area contributed by atoms with Crippen molar-refractivity contribution < 1.29 is 14.0 Å². The average molecular weight is 445 g/mol. The van der Waals surface area contributed by atoms with Gasteiger partial charge in [0.2, 0.25) is 5.91 Å². The highest BCUT2D eigenvalue weighted by molar-refractivity contribution is 6.30. The summed E-state index contributed by atoms with van der Waals surface area (Å²) in [6.07, 6.45) is 0. The maximum Gasteiger partial charge on any atom is 0.255 e. The van der Waals surface area contributed by atoms with Crippen molar-refractivity contribution in [3.63, 3.8) is 0 Å². The molecule has 32 heavy (non-hydrogen) atoms. The first-order valence-corrected chi connectivity index (χ1v) is 10.5. The molecule has 1 heterocycles. The summed E-state index contributed by atoms with van der Waals surface area (Å²) >= 11 is 6.29. The van der Waals surface area contributed by atoms with Crippen molar-refractivity contribution in [3.05, 3.63) is 112 Å². The van der Waals surface area contributed by atoms with Gasteiger partial charge in [0.1, 0.15) is 12.4 Å². The normalized spacial score (nSPS) is 15.8. The van der Waals surface area contributed by atoms with Crippen LogP contribution >= 0.6 is 11.6 Å². The van der Waals surface area contributed by atoms with Crippen LogP contribution in [0.1, 0.15) is 27.5 Å². The molecule has 0 bridgehead atoms. The summed E-state index contributed by atoms with van der Waals surface area (Å²) in [7, 11) is 0. The van der Waals surface area contributed by atoms with Gasteiger partial charge in [-0.25, -0.2) is 4.39 Å². The lowest BCUT2D eigenvalue weighted by Gasteiger charge is -2.31. The monoisotopic (exact) mass is 444 g/mol. The Kier molecular flexibility index (Phi) is 5.11. The molecule has 1 N–H and O–H groups in total. The van der Waals surface area contributed by atoms with E-state index in [0.29, 0.717) is 27.4 Å². The van der Waals surface area contributed by atoms with Crippen LogP contribution in [-0.4, -0.2) is 23.3 Å². The molecular formula is C26H18ClFN2O2. The van der Waals surface area contributed by atoms with Gasteiger partial charge in [0.05, 0.1) is 6.04 Å². The Bertz CT molecular complexity index is 1350. The number of fused-ring (bicyclic) bond motifs is 2. The predicted molar refractivity (Wildman–Crippen MR) is 123 cm³/mol. The molecule has 0 aromatic heterocycles. The molecule has 0 saturated carbocycles. The fourth-order valence-corrected chi connectivity index (χ4v) is 4.42. The molecule has 4 nitrogen and oxygen atoms in total. The zero-order valence-electron chi connectivity index (χ0n) is 16.9. The van der Waals surface area contributed by atoms with Gasteiger partial charge in [0.25, 0.3) is 5.91 Å². The summed E-state index contributed by atoms with van der Waals surface area (Å²) in [6.45, 7) is -0.156. The van der Waals surface area contributed by atoms with Crippen LogP contribution in [0, 0.1) is 5.82 Å². The Morgan fingerprint density at radius 1 is 0.969 bits per heavy atom. The van der Waals surface area contributed by atoms with E-state index in [1.54, 1.807) is 36.4 Å². The predicted octanol–water partition coefficient (Wildman–Crippen LogP) is 5.82. The second kappa shape index (κ2) is 8.09. The van der Waals surface area contributed by atoms with E-state index in [4.69, 9.17) is 11.6 Å². The first-order chi connectivity index (χ1) is 15.5. The van der Waals surface area contributed by atoms with Gasteiger partial charge in [-0.3, -0.25) is 9.59 Å². The summed E-state index contributed by atoms with van der Waals surface area (Å²) in [4.78, 5) is 28.2. The van der Waals surface area contributed by atoms with E-state index in [-0.39, 0.29) is 24.2 Å². The fourth-order valence-electron chi connectivity index (χ4n) is 4.24. The van der Waals surface area contributed by atoms with Crippen molar-refractivity contribution in [2.24, 2.45) is 0 Å². The summed E-state index contributed by atoms with van der Waals surface area (Å²) in [5, 5.41) is 5.07. The quantitative estimate of drug-likeness (QED) is 0.423. The van der Waals surface area contributed by atoms with Crippen LogP contribution in [0.3, 0.4) is 0 Å². The van der Waals surface area contributed by atoms with Gasteiger partial charge in [-0.2, -0.15) is 0 Å². The van der Waals surface area contributed by atoms with Crippen molar-refractivity contribution in [1.29, 1.82) is 0 Å². The van der Waals surface area contributed by atoms with Gasteiger partial charge >= 0.3 is 0 Å². The Morgan fingerprint density at radius 2 is 1.72 bits per heavy atom. The van der Waals surface area contributed by atoms with Gasteiger partial charge in [-0.05, 0) is 52.7 Å². The molecule has 0 aliphatic carbocycles. The molecule has 6 heteroatoms. The standard InChI is InChI=1S/C26H18ClFN2O2/c27-18-10-13-23-22(14-18)25(17-8-11-19(28)12-9-17)30(15-24(31)29-23)26(32)21-7-3-5-16-4-1-2-6-20(16)21/h1-14,25H,15H2,(H,29,31). The van der Waals surface area contributed by atoms with Gasteiger partial charge in [0, 0.05) is 21.8 Å². The topological polar surface area (TPSA) is 49.4 Å². The number of nitrogens with zero attached hydrogens (tertiary/aromatic N) is 1. The number of anilines is 1. The first-order valence-electron chi connectivity index (χ1n) is 10.1. The number of nitrogens with one attached hydrogen (secondary N) is 1. The van der Waals surface area contributed by atoms with Crippen LogP contribution in [0.4, 0.5) is 10.1 Å². The highest BCUT2D eigenvalue weighted by Gasteiger charge is 2.34. The molecule has 4 aromatic carbocycles. The third kappa shape index (κ3) is 3.61. The van der Waals surface area contributed by atoms with Crippen LogP contribution in [0.5, 0.6) is 0 Å². The number of rotatable bonds is 2. The zero-order chi connectivity index (χ0) is 22.2. The second-order valence-corrected chi connectivity index (χ2v) is 8.13. The first kappa shape index (κ1) is 20.2. The molecule has 2 amide bonds. The third-order valence-electron chi connectivity index (χ3n) is 5.67. The minimum Gasteiger partial charge on any atom is -0.324 e. The maximum absolute atomic E-state index is 13.9. The van der Waals surface area contributed by atoms with Crippen molar-refractivity contribution in [2.45, 2.75) is 6.04 Å². The van der Waals surface area contributed by atoms with Crippen LogP contribution in [-0.2, 0) is 4.79 Å². The second-order valence-electron chi connectivity index (χ2n) is 7.69. The van der Waals surface area contributed by atoms with Gasteiger partial charge in [0.15, 0.2) is 0 Å². The van der Waals surface area contributed by atoms with E-state index in [1.807, 2.05) is 36.4 Å². The minimum absolute atomic E-state index is 0.156. The lowest BCUT2D eigenvalue weighted by molar-refractivity contribution is -0.117. The number of carbonyl (C=O) groups excluding carboxylic acids is 2. The Morgan fingerprint density at radius 3 is 2.53 bits per heavy atom. The highest BCUT2D eigenvalue weighted by Crippen LogP contribution is 2.38. The van der Waals surface area contributed by atoms with E-state index in [1.165, 1.54) is 17.0 Å². The van der Waals surface area contributed by atoms with Gasteiger partial charge in [-0.1, -0.05) is 60.1 Å². The summed E-state index contributed by atoms with van der Waals surface area (Å²) in [6, 6.07) is 23.6. The van der Waals surface area contributed by atoms with Crippen molar-refractivity contribution in [1.82, 2.24) is 4.90 Å². The lowest BCUT2D eigenvalue weighted by Crippen LogP contribution is -2.39.